The van der Waals surface area contributed by atoms with Crippen LogP contribution < -0.4 is 0 Å². The molecular formula is C46H28S. The third kappa shape index (κ3) is 4.07. The first-order valence-electron chi connectivity index (χ1n) is 16.2. The molecule has 1 heteroatoms. The third-order valence-electron chi connectivity index (χ3n) is 9.84. The molecule has 0 nitrogen and oxygen atoms in total. The summed E-state index contributed by atoms with van der Waals surface area (Å²) in [6.07, 6.45) is 0. The second kappa shape index (κ2) is 10.4. The summed E-state index contributed by atoms with van der Waals surface area (Å²) in [4.78, 5) is 0. The Kier molecular flexibility index (Phi) is 5.85. The van der Waals surface area contributed by atoms with Gasteiger partial charge in [-0.05, 0) is 101 Å². The quantitative estimate of drug-likeness (QED) is 0.174. The van der Waals surface area contributed by atoms with Gasteiger partial charge in [-0.3, -0.25) is 0 Å². The van der Waals surface area contributed by atoms with Crippen molar-refractivity contribution in [1.82, 2.24) is 0 Å². The summed E-state index contributed by atoms with van der Waals surface area (Å²) >= 11 is 1.89. The molecule has 0 amide bonds. The number of hydrogen-bond donors (Lipinski definition) is 0. The van der Waals surface area contributed by atoms with Crippen LogP contribution in [0.2, 0.25) is 0 Å². The van der Waals surface area contributed by atoms with Gasteiger partial charge in [-0.15, -0.1) is 11.3 Å². The van der Waals surface area contributed by atoms with Gasteiger partial charge >= 0.3 is 0 Å². The van der Waals surface area contributed by atoms with Crippen molar-refractivity contribution in [3.8, 4) is 33.4 Å². The molecule has 0 atom stereocenters. The molecule has 0 N–H and O–H groups in total. The normalized spacial score (nSPS) is 11.8. The molecule has 0 aliphatic carbocycles. The third-order valence-corrected chi connectivity index (χ3v) is 11.0. The highest BCUT2D eigenvalue weighted by atomic mass is 32.1. The Morgan fingerprint density at radius 1 is 0.277 bits per heavy atom. The molecule has 0 bridgehead atoms. The zero-order valence-corrected chi connectivity index (χ0v) is 26.4. The first-order valence-corrected chi connectivity index (χ1v) is 17.0. The molecular weight excluding hydrogens is 585 g/mol. The average molecular weight is 613 g/mol. The van der Waals surface area contributed by atoms with Crippen LogP contribution in [0.15, 0.2) is 170 Å². The fourth-order valence-corrected chi connectivity index (χ4v) is 8.85. The number of rotatable bonds is 3. The molecule has 0 radical (unpaired) electrons. The Bertz CT molecular complexity index is 2780. The van der Waals surface area contributed by atoms with Crippen molar-refractivity contribution >= 4 is 74.6 Å². The Hall–Kier alpha value is -5.76. The fourth-order valence-electron chi connectivity index (χ4n) is 7.73. The summed E-state index contributed by atoms with van der Waals surface area (Å²) in [7, 11) is 0. The van der Waals surface area contributed by atoms with Crippen LogP contribution in [-0.2, 0) is 0 Å². The van der Waals surface area contributed by atoms with E-state index in [0.717, 1.165) is 0 Å². The van der Waals surface area contributed by atoms with Crippen LogP contribution in [0.1, 0.15) is 0 Å². The highest BCUT2D eigenvalue weighted by Crippen LogP contribution is 2.47. The van der Waals surface area contributed by atoms with Gasteiger partial charge in [0.2, 0.25) is 0 Å². The van der Waals surface area contributed by atoms with Gasteiger partial charge in [0.1, 0.15) is 0 Å². The minimum Gasteiger partial charge on any atom is -0.135 e. The van der Waals surface area contributed by atoms with E-state index < -0.39 is 0 Å². The van der Waals surface area contributed by atoms with Gasteiger partial charge in [0.15, 0.2) is 0 Å². The van der Waals surface area contributed by atoms with Crippen molar-refractivity contribution in [2.75, 3.05) is 0 Å². The van der Waals surface area contributed by atoms with E-state index in [1.807, 2.05) is 11.3 Å². The Labute approximate surface area is 276 Å². The molecule has 47 heavy (non-hydrogen) atoms. The molecule has 1 aromatic heterocycles. The highest BCUT2D eigenvalue weighted by Gasteiger charge is 2.19. The van der Waals surface area contributed by atoms with E-state index in [1.54, 1.807) is 0 Å². The summed E-state index contributed by atoms with van der Waals surface area (Å²) in [5, 5.41) is 12.9. The maximum atomic E-state index is 2.43. The van der Waals surface area contributed by atoms with Crippen LogP contribution in [0.4, 0.5) is 0 Å². The minimum absolute atomic E-state index is 1.24. The Morgan fingerprint density at radius 2 is 0.787 bits per heavy atom. The standard InChI is InChI=1S/C46H28S/c1-2-12-29(13-3-1)33-23-24-40(35-17-7-6-16-34(33)35)46-38-20-10-8-18-36(38)45(37-19-9-11-21-39(37)46)32-22-25-43-41(27-32)42-26-30-14-4-5-15-31(30)28-44(42)47-43/h1-28H. The summed E-state index contributed by atoms with van der Waals surface area (Å²) in [5.41, 5.74) is 7.62. The van der Waals surface area contributed by atoms with E-state index >= 15 is 0 Å². The smallest absolute Gasteiger partial charge is 0.0361 e. The fraction of sp³-hybridized carbons (Fsp3) is 0. The maximum absolute atomic E-state index is 2.43. The van der Waals surface area contributed by atoms with Crippen LogP contribution in [0.3, 0.4) is 0 Å². The first-order chi connectivity index (χ1) is 23.3. The number of hydrogen-bond acceptors (Lipinski definition) is 1. The SMILES string of the molecule is c1ccc(-c2ccc(-c3c4ccccc4c(-c4ccc5sc6cc7ccccc7cc6c5c4)c4ccccc34)c3ccccc23)cc1. The lowest BCUT2D eigenvalue weighted by Crippen LogP contribution is -1.92. The van der Waals surface area contributed by atoms with E-state index in [0.29, 0.717) is 0 Å². The van der Waals surface area contributed by atoms with Crippen LogP contribution in [0.5, 0.6) is 0 Å². The van der Waals surface area contributed by atoms with Crippen molar-refractivity contribution in [1.29, 1.82) is 0 Å². The predicted octanol–water partition coefficient (Wildman–Crippen LogP) is 13.7. The van der Waals surface area contributed by atoms with Crippen LogP contribution in [0.25, 0.3) is 96.6 Å². The Morgan fingerprint density at radius 3 is 1.47 bits per heavy atom. The topological polar surface area (TPSA) is 0 Å². The molecule has 0 saturated heterocycles. The van der Waals surface area contributed by atoms with E-state index in [-0.39, 0.29) is 0 Å². The number of benzene rings is 9. The van der Waals surface area contributed by atoms with Gasteiger partial charge in [-0.2, -0.15) is 0 Å². The maximum Gasteiger partial charge on any atom is 0.0361 e. The van der Waals surface area contributed by atoms with Gasteiger partial charge in [-0.25, -0.2) is 0 Å². The molecule has 0 saturated carbocycles. The summed E-state index contributed by atoms with van der Waals surface area (Å²) < 4.78 is 2.67. The zero-order chi connectivity index (χ0) is 30.9. The van der Waals surface area contributed by atoms with Gasteiger partial charge in [-0.1, -0.05) is 146 Å². The van der Waals surface area contributed by atoms with Crippen molar-refractivity contribution in [2.24, 2.45) is 0 Å². The van der Waals surface area contributed by atoms with Crippen LogP contribution in [0, 0.1) is 0 Å². The molecule has 218 valence electrons. The van der Waals surface area contributed by atoms with Crippen molar-refractivity contribution in [3.63, 3.8) is 0 Å². The molecule has 9 aromatic carbocycles. The Balaban J connectivity index is 1.27. The number of fused-ring (bicyclic) bond motifs is 7. The van der Waals surface area contributed by atoms with Crippen LogP contribution in [-0.4, -0.2) is 0 Å². The molecule has 0 spiro atoms. The van der Waals surface area contributed by atoms with Crippen molar-refractivity contribution < 1.29 is 0 Å². The van der Waals surface area contributed by atoms with E-state index in [9.17, 15) is 0 Å². The second-order valence-electron chi connectivity index (χ2n) is 12.4. The summed E-state index contributed by atoms with van der Waals surface area (Å²) in [5.74, 6) is 0. The predicted molar refractivity (Wildman–Crippen MR) is 206 cm³/mol. The van der Waals surface area contributed by atoms with E-state index in [2.05, 4.69) is 170 Å². The van der Waals surface area contributed by atoms with Crippen LogP contribution >= 0.6 is 11.3 Å². The van der Waals surface area contributed by atoms with Gasteiger partial charge in [0.05, 0.1) is 0 Å². The molecule has 0 aliphatic heterocycles. The monoisotopic (exact) mass is 612 g/mol. The van der Waals surface area contributed by atoms with Crippen molar-refractivity contribution in [3.05, 3.63) is 170 Å². The molecule has 10 aromatic rings. The first kappa shape index (κ1) is 26.5. The lowest BCUT2D eigenvalue weighted by molar-refractivity contribution is 1.64. The van der Waals surface area contributed by atoms with Gasteiger partial charge < -0.3 is 0 Å². The summed E-state index contributed by atoms with van der Waals surface area (Å²) in [6.45, 7) is 0. The van der Waals surface area contributed by atoms with Gasteiger partial charge in [0, 0.05) is 20.2 Å². The highest BCUT2D eigenvalue weighted by molar-refractivity contribution is 7.25. The summed E-state index contributed by atoms with van der Waals surface area (Å²) in [6, 6.07) is 62.7. The molecule has 0 unspecified atom stereocenters. The molecule has 0 fully saturated rings. The lowest BCUT2D eigenvalue weighted by atomic mass is 9.83. The lowest BCUT2D eigenvalue weighted by Gasteiger charge is -2.19. The van der Waals surface area contributed by atoms with Crippen molar-refractivity contribution in [2.45, 2.75) is 0 Å². The number of thiophene rings is 1. The van der Waals surface area contributed by atoms with E-state index in [4.69, 9.17) is 0 Å². The van der Waals surface area contributed by atoms with Gasteiger partial charge in [0.25, 0.3) is 0 Å². The minimum atomic E-state index is 1.24. The average Bonchev–Trinajstić information content (AvgIpc) is 3.49. The molecule has 1 heterocycles. The molecule has 10 rings (SSSR count). The van der Waals surface area contributed by atoms with E-state index in [1.165, 1.54) is 96.6 Å². The molecule has 0 aliphatic rings. The largest absolute Gasteiger partial charge is 0.135 e. The zero-order valence-electron chi connectivity index (χ0n) is 25.6. The second-order valence-corrected chi connectivity index (χ2v) is 13.5.